The Morgan fingerprint density at radius 2 is 1.00 bits per heavy atom. The number of carboxylic acid groups (broad SMARTS) is 1. The first-order valence-corrected chi connectivity index (χ1v) is 15.5. The van der Waals surface area contributed by atoms with E-state index in [1.54, 1.807) is 6.92 Å². The van der Waals surface area contributed by atoms with Crippen LogP contribution in [-0.2, 0) is 56.9 Å². The minimum Gasteiger partial charge on any atom is -0.479 e. The summed E-state index contributed by atoms with van der Waals surface area (Å²) in [5, 5.41) is 92.7. The molecular formula is C28H48O21. The molecule has 0 saturated carbocycles. The van der Waals surface area contributed by atoms with E-state index in [1.165, 1.54) is 28.4 Å². The molecule has 49 heavy (non-hydrogen) atoms. The lowest BCUT2D eigenvalue weighted by Crippen LogP contribution is -2.67. The second-order valence-electron chi connectivity index (χ2n) is 12.0. The fourth-order valence-electron chi connectivity index (χ4n) is 6.48. The zero-order valence-corrected chi connectivity index (χ0v) is 27.4. The van der Waals surface area contributed by atoms with Crippen molar-refractivity contribution in [1.82, 2.24) is 0 Å². The van der Waals surface area contributed by atoms with Gasteiger partial charge in [-0.15, -0.1) is 0 Å². The van der Waals surface area contributed by atoms with Crippen LogP contribution in [0.2, 0.25) is 0 Å². The van der Waals surface area contributed by atoms with Gasteiger partial charge in [0.1, 0.15) is 85.5 Å². The molecule has 0 aromatic carbocycles. The summed E-state index contributed by atoms with van der Waals surface area (Å²) < 4.78 is 61.9. The molecule has 0 radical (unpaired) electrons. The van der Waals surface area contributed by atoms with Crippen molar-refractivity contribution in [2.75, 3.05) is 41.7 Å². The summed E-state index contributed by atoms with van der Waals surface area (Å²) in [6.45, 7) is 0.0758. The van der Waals surface area contributed by atoms with Crippen LogP contribution in [0.4, 0.5) is 0 Å². The summed E-state index contributed by atoms with van der Waals surface area (Å²) in [7, 11) is 5.05. The molecule has 21 nitrogen and oxygen atoms in total. The number of carbonyl (C=O) groups is 1. The number of aliphatic hydroxyl groups excluding tert-OH is 8. The fraction of sp³-hybridized carbons (Fsp3) is 0.964. The van der Waals surface area contributed by atoms with Crippen LogP contribution in [0.5, 0.6) is 0 Å². The van der Waals surface area contributed by atoms with E-state index >= 15 is 0 Å². The van der Waals surface area contributed by atoms with Crippen molar-refractivity contribution in [3.63, 3.8) is 0 Å². The number of aliphatic carboxylic acids is 1. The van der Waals surface area contributed by atoms with E-state index in [2.05, 4.69) is 0 Å². The van der Waals surface area contributed by atoms with Gasteiger partial charge < -0.3 is 98.1 Å². The Kier molecular flexibility index (Phi) is 14.4. The average Bonchev–Trinajstić information content (AvgIpc) is 3.08. The van der Waals surface area contributed by atoms with Gasteiger partial charge in [0.25, 0.3) is 0 Å². The summed E-state index contributed by atoms with van der Waals surface area (Å²) in [4.78, 5) is 11.7. The Hall–Kier alpha value is -1.29. The van der Waals surface area contributed by atoms with Gasteiger partial charge >= 0.3 is 5.97 Å². The minimum absolute atomic E-state index is 0.686. The number of methoxy groups -OCH3 is 4. The van der Waals surface area contributed by atoms with E-state index in [-0.39, 0.29) is 0 Å². The Labute approximate surface area is 280 Å². The van der Waals surface area contributed by atoms with Gasteiger partial charge in [0, 0.05) is 28.4 Å². The summed E-state index contributed by atoms with van der Waals surface area (Å²) in [6, 6.07) is 0. The first-order valence-electron chi connectivity index (χ1n) is 15.5. The van der Waals surface area contributed by atoms with Crippen LogP contribution in [0.3, 0.4) is 0 Å². The van der Waals surface area contributed by atoms with Gasteiger partial charge in [-0.25, -0.2) is 4.79 Å². The van der Waals surface area contributed by atoms with Crippen LogP contribution in [-0.4, -0.2) is 216 Å². The van der Waals surface area contributed by atoms with E-state index in [0.717, 1.165) is 0 Å². The topological polar surface area (TPSA) is 301 Å². The molecule has 0 bridgehead atoms. The third kappa shape index (κ3) is 8.20. The standard InChI is InChI=1S/C28H48O21/c1-8-16(21(40-3)23(42-5)27(43-8)47-17-9(6-29)44-25(38)13(33)11(17)31)46-26-14(34)12(32)18(10(7-30)45-26)48-28-22(41-4)19(39-2)15(35)20(49-28)24(36)37/h8-23,25-35,38H,6-7H2,1-5H3,(H,36,37)/t8-,9?,10-,11+,12?,13?,14?,15-,16+,17+,18+,19-,20?,21?,22?,23?,25-,26+,27-,28+/m0/s1. The molecule has 0 aromatic rings. The highest BCUT2D eigenvalue weighted by Crippen LogP contribution is 2.36. The van der Waals surface area contributed by atoms with Crippen molar-refractivity contribution in [3.05, 3.63) is 0 Å². The van der Waals surface area contributed by atoms with Gasteiger partial charge in [0.2, 0.25) is 0 Å². The van der Waals surface area contributed by atoms with Crippen molar-refractivity contribution in [2.24, 2.45) is 0 Å². The zero-order chi connectivity index (χ0) is 36.3. The normalized spacial score (nSPS) is 49.5. The number of hydrogen-bond donors (Lipinski definition) is 9. The van der Waals surface area contributed by atoms with Gasteiger partial charge in [-0.1, -0.05) is 0 Å². The minimum atomic E-state index is -1.84. The molecule has 0 amide bonds. The Bertz CT molecular complexity index is 1040. The lowest BCUT2D eigenvalue weighted by atomic mass is 9.95. The summed E-state index contributed by atoms with van der Waals surface area (Å²) >= 11 is 0. The molecule has 286 valence electrons. The van der Waals surface area contributed by atoms with Crippen LogP contribution < -0.4 is 0 Å². The second-order valence-corrected chi connectivity index (χ2v) is 12.0. The molecule has 8 unspecified atom stereocenters. The lowest BCUT2D eigenvalue weighted by Gasteiger charge is -2.50. The lowest BCUT2D eigenvalue weighted by molar-refractivity contribution is -0.387. The number of hydrogen-bond acceptors (Lipinski definition) is 20. The molecule has 0 aliphatic carbocycles. The van der Waals surface area contributed by atoms with Crippen molar-refractivity contribution in [2.45, 2.75) is 130 Å². The molecule has 4 fully saturated rings. The molecule has 0 spiro atoms. The smallest absolute Gasteiger partial charge is 0.335 e. The fourth-order valence-corrected chi connectivity index (χ4v) is 6.48. The predicted molar refractivity (Wildman–Crippen MR) is 152 cm³/mol. The predicted octanol–water partition coefficient (Wildman–Crippen LogP) is -6.01. The molecule has 4 aliphatic rings. The maximum atomic E-state index is 11.7. The van der Waals surface area contributed by atoms with E-state index < -0.39 is 142 Å². The van der Waals surface area contributed by atoms with E-state index in [1.807, 2.05) is 0 Å². The summed E-state index contributed by atoms with van der Waals surface area (Å²) in [6.07, 6.45) is -29.1. The van der Waals surface area contributed by atoms with E-state index in [9.17, 15) is 50.8 Å². The molecule has 21 heteroatoms. The highest BCUT2D eigenvalue weighted by molar-refractivity contribution is 5.73. The molecule has 4 rings (SSSR count). The van der Waals surface area contributed by atoms with Gasteiger partial charge in [-0.3, -0.25) is 0 Å². The van der Waals surface area contributed by atoms with Crippen LogP contribution in [0.15, 0.2) is 0 Å². The van der Waals surface area contributed by atoms with Crippen molar-refractivity contribution >= 4 is 5.97 Å². The second kappa shape index (κ2) is 17.5. The SMILES string of the molecule is COC1C(OC)[C@H](O[C@H]2O[C@@H](CO)[C@@H](O[C@@H]3OC(C(=O)O)[C@@H](O)[C@H](OC)C3OC)C(O)C2O)[C@H](C)O[C@H]1O[C@@H]1C(CO)O[C@H](O)C(O)[C@H]1O. The van der Waals surface area contributed by atoms with Crippen LogP contribution in [0, 0.1) is 0 Å². The molecule has 9 N–H and O–H groups in total. The van der Waals surface area contributed by atoms with Crippen LogP contribution in [0.1, 0.15) is 6.92 Å². The molecular weight excluding hydrogens is 672 g/mol. The monoisotopic (exact) mass is 720 g/mol. The van der Waals surface area contributed by atoms with Crippen LogP contribution >= 0.6 is 0 Å². The third-order valence-electron chi connectivity index (χ3n) is 9.11. The number of aliphatic hydroxyl groups is 8. The van der Waals surface area contributed by atoms with E-state index in [4.69, 9.17) is 52.1 Å². The van der Waals surface area contributed by atoms with Crippen LogP contribution in [0.25, 0.3) is 0 Å². The summed E-state index contributed by atoms with van der Waals surface area (Å²) in [5.74, 6) is -1.53. The van der Waals surface area contributed by atoms with Crippen molar-refractivity contribution in [1.29, 1.82) is 0 Å². The number of carboxylic acids is 1. The Balaban J connectivity index is 1.48. The van der Waals surface area contributed by atoms with Gasteiger partial charge in [-0.05, 0) is 6.92 Å². The molecule has 4 aliphatic heterocycles. The van der Waals surface area contributed by atoms with Gasteiger partial charge in [0.15, 0.2) is 31.3 Å². The highest BCUT2D eigenvalue weighted by atomic mass is 16.8. The molecule has 20 atom stereocenters. The zero-order valence-electron chi connectivity index (χ0n) is 27.4. The number of rotatable bonds is 13. The van der Waals surface area contributed by atoms with Gasteiger partial charge in [-0.2, -0.15) is 0 Å². The van der Waals surface area contributed by atoms with E-state index in [0.29, 0.717) is 0 Å². The molecule has 4 saturated heterocycles. The third-order valence-corrected chi connectivity index (χ3v) is 9.11. The quantitative estimate of drug-likeness (QED) is 0.0855. The first-order chi connectivity index (χ1) is 23.3. The average molecular weight is 721 g/mol. The summed E-state index contributed by atoms with van der Waals surface area (Å²) in [5.41, 5.74) is 0. The maximum Gasteiger partial charge on any atom is 0.335 e. The Morgan fingerprint density at radius 3 is 1.51 bits per heavy atom. The molecule has 0 aromatic heterocycles. The molecule has 4 heterocycles. The Morgan fingerprint density at radius 1 is 0.531 bits per heavy atom. The van der Waals surface area contributed by atoms with Gasteiger partial charge in [0.05, 0.1) is 19.3 Å². The first kappa shape index (κ1) is 40.5. The van der Waals surface area contributed by atoms with Crippen molar-refractivity contribution < 1.29 is 103 Å². The number of ether oxygens (including phenoxy) is 11. The maximum absolute atomic E-state index is 11.7. The highest BCUT2D eigenvalue weighted by Gasteiger charge is 2.56. The largest absolute Gasteiger partial charge is 0.479 e. The van der Waals surface area contributed by atoms with Crippen molar-refractivity contribution in [3.8, 4) is 0 Å².